The Balaban J connectivity index is 2.42. The highest BCUT2D eigenvalue weighted by Crippen LogP contribution is 2.38. The molecule has 1 aromatic carbocycles. The standard InChI is InChI=1S/C20H18ClF3N2O2/c1-3-7-28-19-16(21)9-13(10-18(19)27-4-2)8-14(11-25)17-6-5-15(12-26-17)20(22,23)24/h5-6,8-10,12H,3-4,7H2,1-2H3/b14-8+. The molecule has 0 fully saturated rings. The summed E-state index contributed by atoms with van der Waals surface area (Å²) in [7, 11) is 0. The van der Waals surface area contributed by atoms with Crippen LogP contribution in [0.1, 0.15) is 37.1 Å². The number of hydrogen-bond donors (Lipinski definition) is 0. The van der Waals surface area contributed by atoms with Crippen molar-refractivity contribution in [3.8, 4) is 17.6 Å². The van der Waals surface area contributed by atoms with E-state index in [2.05, 4.69) is 4.98 Å². The van der Waals surface area contributed by atoms with Crippen LogP contribution in [-0.2, 0) is 6.18 Å². The van der Waals surface area contributed by atoms with E-state index in [4.69, 9.17) is 21.1 Å². The van der Waals surface area contributed by atoms with Crippen LogP contribution in [0.15, 0.2) is 30.5 Å². The first-order valence-corrected chi connectivity index (χ1v) is 8.92. The molecule has 8 heteroatoms. The van der Waals surface area contributed by atoms with Crippen LogP contribution in [0.2, 0.25) is 5.02 Å². The Bertz CT molecular complexity index is 888. The van der Waals surface area contributed by atoms with Crippen molar-refractivity contribution < 1.29 is 22.6 Å². The highest BCUT2D eigenvalue weighted by atomic mass is 35.5. The predicted molar refractivity (Wildman–Crippen MR) is 101 cm³/mol. The number of benzene rings is 1. The smallest absolute Gasteiger partial charge is 0.417 e. The van der Waals surface area contributed by atoms with Gasteiger partial charge in [0.1, 0.15) is 6.07 Å². The Morgan fingerprint density at radius 1 is 1.25 bits per heavy atom. The van der Waals surface area contributed by atoms with Gasteiger partial charge in [0.05, 0.1) is 35.1 Å². The Kier molecular flexibility index (Phi) is 7.30. The van der Waals surface area contributed by atoms with E-state index >= 15 is 0 Å². The quantitative estimate of drug-likeness (QED) is 0.525. The molecule has 0 saturated heterocycles. The normalized spacial score (nSPS) is 11.8. The Morgan fingerprint density at radius 3 is 2.54 bits per heavy atom. The maximum Gasteiger partial charge on any atom is 0.417 e. The summed E-state index contributed by atoms with van der Waals surface area (Å²) in [5.74, 6) is 0.834. The minimum absolute atomic E-state index is 0.0921. The Labute approximate surface area is 166 Å². The minimum atomic E-state index is -4.49. The van der Waals surface area contributed by atoms with E-state index in [9.17, 15) is 18.4 Å². The fourth-order valence-electron chi connectivity index (χ4n) is 2.33. The molecule has 0 saturated carbocycles. The number of aromatic nitrogens is 1. The molecule has 0 radical (unpaired) electrons. The third-order valence-corrected chi connectivity index (χ3v) is 3.86. The van der Waals surface area contributed by atoms with E-state index in [0.717, 1.165) is 18.6 Å². The fraction of sp³-hybridized carbons (Fsp3) is 0.300. The molecular formula is C20H18ClF3N2O2. The number of nitrogens with zero attached hydrogens (tertiary/aromatic N) is 2. The molecule has 0 aliphatic carbocycles. The van der Waals surface area contributed by atoms with Gasteiger partial charge in [-0.15, -0.1) is 0 Å². The zero-order valence-corrected chi connectivity index (χ0v) is 16.1. The summed E-state index contributed by atoms with van der Waals surface area (Å²) < 4.78 is 49.2. The average molecular weight is 411 g/mol. The lowest BCUT2D eigenvalue weighted by Gasteiger charge is -2.14. The van der Waals surface area contributed by atoms with Crippen LogP contribution < -0.4 is 9.47 Å². The summed E-state index contributed by atoms with van der Waals surface area (Å²) >= 11 is 6.29. The maximum absolute atomic E-state index is 12.7. The van der Waals surface area contributed by atoms with Crippen LogP contribution >= 0.6 is 11.6 Å². The van der Waals surface area contributed by atoms with Crippen LogP contribution in [0.25, 0.3) is 11.6 Å². The van der Waals surface area contributed by atoms with Gasteiger partial charge < -0.3 is 9.47 Å². The van der Waals surface area contributed by atoms with Crippen molar-refractivity contribution in [2.24, 2.45) is 0 Å². The van der Waals surface area contributed by atoms with Crippen molar-refractivity contribution in [1.82, 2.24) is 4.98 Å². The van der Waals surface area contributed by atoms with Gasteiger partial charge in [0.25, 0.3) is 0 Å². The zero-order chi connectivity index (χ0) is 20.7. The minimum Gasteiger partial charge on any atom is -0.490 e. The number of ether oxygens (including phenoxy) is 2. The number of pyridine rings is 1. The van der Waals surface area contributed by atoms with Gasteiger partial charge in [0.15, 0.2) is 11.5 Å². The Hall–Kier alpha value is -2.72. The molecule has 0 atom stereocenters. The van der Waals surface area contributed by atoms with E-state index in [1.165, 1.54) is 6.08 Å². The number of nitriles is 1. The van der Waals surface area contributed by atoms with Gasteiger partial charge in [0.2, 0.25) is 0 Å². The van der Waals surface area contributed by atoms with E-state index in [1.54, 1.807) is 12.1 Å². The summed E-state index contributed by atoms with van der Waals surface area (Å²) in [6, 6.07) is 7.23. The molecule has 148 valence electrons. The largest absolute Gasteiger partial charge is 0.490 e. The van der Waals surface area contributed by atoms with Crippen molar-refractivity contribution in [3.05, 3.63) is 52.3 Å². The first-order valence-electron chi connectivity index (χ1n) is 8.54. The molecule has 4 nitrogen and oxygen atoms in total. The van der Waals surface area contributed by atoms with Gasteiger partial charge in [-0.3, -0.25) is 4.98 Å². The zero-order valence-electron chi connectivity index (χ0n) is 15.3. The second kappa shape index (κ2) is 9.47. The van der Waals surface area contributed by atoms with Crippen molar-refractivity contribution in [2.45, 2.75) is 26.4 Å². The summed E-state index contributed by atoms with van der Waals surface area (Å²) in [6.07, 6.45) is -1.52. The molecule has 2 aromatic rings. The summed E-state index contributed by atoms with van der Waals surface area (Å²) in [5.41, 5.74) is -0.131. The first-order chi connectivity index (χ1) is 13.3. The van der Waals surface area contributed by atoms with Gasteiger partial charge >= 0.3 is 6.18 Å². The van der Waals surface area contributed by atoms with Crippen molar-refractivity contribution in [3.63, 3.8) is 0 Å². The number of rotatable bonds is 7. The van der Waals surface area contributed by atoms with Crippen LogP contribution in [0.5, 0.6) is 11.5 Å². The predicted octanol–water partition coefficient (Wildman–Crippen LogP) is 6.01. The van der Waals surface area contributed by atoms with Crippen LogP contribution in [-0.4, -0.2) is 18.2 Å². The van der Waals surface area contributed by atoms with Gasteiger partial charge in [-0.1, -0.05) is 18.5 Å². The molecule has 2 rings (SSSR count). The van der Waals surface area contributed by atoms with Crippen LogP contribution in [0, 0.1) is 11.3 Å². The fourth-order valence-corrected chi connectivity index (χ4v) is 2.60. The van der Waals surface area contributed by atoms with E-state index in [1.807, 2.05) is 19.9 Å². The van der Waals surface area contributed by atoms with Gasteiger partial charge in [-0.25, -0.2) is 0 Å². The molecule has 28 heavy (non-hydrogen) atoms. The van der Waals surface area contributed by atoms with Gasteiger partial charge in [-0.05, 0) is 49.2 Å². The lowest BCUT2D eigenvalue weighted by molar-refractivity contribution is -0.137. The highest BCUT2D eigenvalue weighted by molar-refractivity contribution is 6.32. The molecule has 0 unspecified atom stereocenters. The molecule has 1 aromatic heterocycles. The molecule has 0 amide bonds. The topological polar surface area (TPSA) is 55.1 Å². The monoisotopic (exact) mass is 410 g/mol. The van der Waals surface area contributed by atoms with E-state index in [-0.39, 0.29) is 11.3 Å². The summed E-state index contributed by atoms with van der Waals surface area (Å²) in [5, 5.41) is 9.72. The van der Waals surface area contributed by atoms with Crippen molar-refractivity contribution >= 4 is 23.3 Å². The summed E-state index contributed by atoms with van der Waals surface area (Å²) in [4.78, 5) is 3.75. The van der Waals surface area contributed by atoms with Crippen molar-refractivity contribution in [2.75, 3.05) is 13.2 Å². The number of hydrogen-bond acceptors (Lipinski definition) is 4. The third-order valence-electron chi connectivity index (χ3n) is 3.58. The lowest BCUT2D eigenvalue weighted by Crippen LogP contribution is -2.05. The first kappa shape index (κ1) is 21.6. The lowest BCUT2D eigenvalue weighted by atomic mass is 10.1. The van der Waals surface area contributed by atoms with Crippen LogP contribution in [0.3, 0.4) is 0 Å². The molecule has 0 spiro atoms. The Morgan fingerprint density at radius 2 is 2.00 bits per heavy atom. The van der Waals surface area contributed by atoms with Crippen molar-refractivity contribution in [1.29, 1.82) is 5.26 Å². The molecular weight excluding hydrogens is 393 g/mol. The average Bonchev–Trinajstić information content (AvgIpc) is 2.65. The number of allylic oxidation sites excluding steroid dienone is 1. The molecule has 0 aliphatic heterocycles. The number of alkyl halides is 3. The van der Waals surface area contributed by atoms with E-state index in [0.29, 0.717) is 41.5 Å². The molecule has 0 aliphatic rings. The SMILES string of the molecule is CCCOc1c(Cl)cc(/C=C(\C#N)c2ccc(C(F)(F)F)cn2)cc1OCC. The molecule has 0 bridgehead atoms. The molecule has 0 N–H and O–H groups in total. The highest BCUT2D eigenvalue weighted by Gasteiger charge is 2.30. The maximum atomic E-state index is 12.7. The number of halogens is 4. The second-order valence-corrected chi connectivity index (χ2v) is 6.12. The molecule has 1 heterocycles. The third kappa shape index (κ3) is 5.40. The van der Waals surface area contributed by atoms with Gasteiger partial charge in [-0.2, -0.15) is 18.4 Å². The summed E-state index contributed by atoms with van der Waals surface area (Å²) in [6.45, 7) is 4.62. The second-order valence-electron chi connectivity index (χ2n) is 5.71. The van der Waals surface area contributed by atoms with Crippen LogP contribution in [0.4, 0.5) is 13.2 Å². The van der Waals surface area contributed by atoms with E-state index < -0.39 is 11.7 Å². The van der Waals surface area contributed by atoms with Gasteiger partial charge in [0, 0.05) is 6.20 Å².